The standard InChI is InChI=1S/C24H31F3N4O5S/c1-4-24(35,5-2)23(14-10-36-29-12(14)3)37-11-18(33)21(22(34)19(37)9-32)31-8-17(28-30-31)13-6-15(25)20(27)16(26)7-13/h6-8,10,18-19,21-23,32-35,37H,4-5,9,11H2,1-3H3/t18-,19+,21-,22-,23-/m0/s1. The molecule has 0 spiro atoms. The third-order valence-corrected chi connectivity index (χ3v) is 10.9. The minimum Gasteiger partial charge on any atom is -0.395 e. The van der Waals surface area contributed by atoms with E-state index in [0.717, 1.165) is 12.1 Å². The second-order valence-corrected chi connectivity index (χ2v) is 12.0. The highest BCUT2D eigenvalue weighted by molar-refractivity contribution is 8.18. The first-order valence-electron chi connectivity index (χ1n) is 12.0. The molecular weight excluding hydrogens is 513 g/mol. The number of thiol groups is 1. The van der Waals surface area contributed by atoms with E-state index < -0.39 is 69.3 Å². The van der Waals surface area contributed by atoms with Crippen LogP contribution in [-0.2, 0) is 0 Å². The van der Waals surface area contributed by atoms with Gasteiger partial charge in [0.15, 0.2) is 17.5 Å². The minimum absolute atomic E-state index is 0.00917. The lowest BCUT2D eigenvalue weighted by Gasteiger charge is -2.51. The number of aliphatic hydroxyl groups excluding tert-OH is 3. The average Bonchev–Trinajstić information content (AvgIpc) is 3.52. The molecule has 204 valence electrons. The summed E-state index contributed by atoms with van der Waals surface area (Å²) in [5.74, 6) is -4.23. The molecule has 1 unspecified atom stereocenters. The molecule has 1 aliphatic heterocycles. The van der Waals surface area contributed by atoms with Crippen LogP contribution in [0.1, 0.15) is 49.2 Å². The van der Waals surface area contributed by atoms with Crippen molar-refractivity contribution < 1.29 is 38.1 Å². The molecule has 3 heterocycles. The van der Waals surface area contributed by atoms with Crippen molar-refractivity contribution in [1.29, 1.82) is 0 Å². The van der Waals surface area contributed by atoms with E-state index in [4.69, 9.17) is 4.52 Å². The summed E-state index contributed by atoms with van der Waals surface area (Å²) in [6.07, 6.45) is 1.09. The number of benzene rings is 1. The van der Waals surface area contributed by atoms with Crippen molar-refractivity contribution in [2.75, 3.05) is 12.4 Å². The van der Waals surface area contributed by atoms with Crippen molar-refractivity contribution in [2.45, 2.75) is 68.0 Å². The summed E-state index contributed by atoms with van der Waals surface area (Å²) in [5.41, 5.74) is -0.0108. The summed E-state index contributed by atoms with van der Waals surface area (Å²) in [4.78, 5) is 0. The monoisotopic (exact) mass is 544 g/mol. The Morgan fingerprint density at radius 2 is 1.84 bits per heavy atom. The highest BCUT2D eigenvalue weighted by Gasteiger charge is 2.50. The van der Waals surface area contributed by atoms with Crippen LogP contribution in [0, 0.1) is 24.4 Å². The van der Waals surface area contributed by atoms with Gasteiger partial charge in [-0.2, -0.15) is 0 Å². The van der Waals surface area contributed by atoms with Gasteiger partial charge < -0.3 is 24.9 Å². The van der Waals surface area contributed by atoms with Crippen LogP contribution in [0.3, 0.4) is 0 Å². The predicted octanol–water partition coefficient (Wildman–Crippen LogP) is 2.59. The van der Waals surface area contributed by atoms with Crippen LogP contribution in [0.25, 0.3) is 11.3 Å². The molecule has 4 N–H and O–H groups in total. The number of rotatable bonds is 8. The molecule has 1 saturated heterocycles. The molecule has 0 amide bonds. The van der Waals surface area contributed by atoms with E-state index in [0.29, 0.717) is 24.1 Å². The Hall–Kier alpha value is -2.45. The van der Waals surface area contributed by atoms with Crippen molar-refractivity contribution >= 4 is 10.9 Å². The summed E-state index contributed by atoms with van der Waals surface area (Å²) in [6.45, 7) is 5.02. The molecule has 2 aromatic heterocycles. The van der Waals surface area contributed by atoms with Gasteiger partial charge in [0.1, 0.15) is 18.0 Å². The molecule has 1 aromatic carbocycles. The third-order valence-electron chi connectivity index (χ3n) is 7.39. The van der Waals surface area contributed by atoms with Crippen LogP contribution in [0.15, 0.2) is 29.1 Å². The van der Waals surface area contributed by atoms with Gasteiger partial charge in [0, 0.05) is 27.4 Å². The van der Waals surface area contributed by atoms with E-state index in [1.54, 1.807) is 6.92 Å². The minimum atomic E-state index is -1.61. The molecule has 4 rings (SSSR count). The summed E-state index contributed by atoms with van der Waals surface area (Å²) in [5, 5.41) is 55.0. The molecule has 13 heteroatoms. The zero-order chi connectivity index (χ0) is 27.1. The fourth-order valence-corrected chi connectivity index (χ4v) is 9.07. The smallest absolute Gasteiger partial charge is 0.194 e. The predicted molar refractivity (Wildman–Crippen MR) is 131 cm³/mol. The summed E-state index contributed by atoms with van der Waals surface area (Å²) < 4.78 is 47.1. The van der Waals surface area contributed by atoms with Crippen LogP contribution < -0.4 is 0 Å². The number of nitrogens with zero attached hydrogens (tertiary/aromatic N) is 4. The van der Waals surface area contributed by atoms with Gasteiger partial charge in [0.25, 0.3) is 0 Å². The van der Waals surface area contributed by atoms with Crippen molar-refractivity contribution in [3.8, 4) is 11.3 Å². The molecule has 0 radical (unpaired) electrons. The quantitative estimate of drug-likeness (QED) is 0.216. The number of hydrogen-bond acceptors (Lipinski definition) is 8. The lowest BCUT2D eigenvalue weighted by Crippen LogP contribution is -2.52. The number of aliphatic hydroxyl groups is 4. The van der Waals surface area contributed by atoms with Crippen molar-refractivity contribution in [3.63, 3.8) is 0 Å². The Morgan fingerprint density at radius 1 is 1.19 bits per heavy atom. The van der Waals surface area contributed by atoms with Crippen molar-refractivity contribution in [2.24, 2.45) is 0 Å². The van der Waals surface area contributed by atoms with Crippen LogP contribution in [0.4, 0.5) is 13.2 Å². The van der Waals surface area contributed by atoms with E-state index in [9.17, 15) is 33.6 Å². The SMILES string of the molecule is CCC(O)(CC)[C@H](c1conc1C)[SH]1C[C@H](O)[C@H](n2cc(-c3cc(F)c(F)c(F)c3)nn2)[C@@H](O)[C@H]1CO. The summed E-state index contributed by atoms with van der Waals surface area (Å²) >= 11 is 0. The number of hydrogen-bond donors (Lipinski definition) is 5. The second kappa shape index (κ2) is 10.7. The molecular formula is C24H31F3N4O5S. The van der Waals surface area contributed by atoms with Gasteiger partial charge in [0.2, 0.25) is 0 Å². The Bertz CT molecular complexity index is 1210. The van der Waals surface area contributed by atoms with Gasteiger partial charge in [-0.1, -0.05) is 24.2 Å². The van der Waals surface area contributed by atoms with E-state index in [-0.39, 0.29) is 17.0 Å². The fourth-order valence-electron chi connectivity index (χ4n) is 5.19. The Balaban J connectivity index is 1.69. The van der Waals surface area contributed by atoms with Crippen LogP contribution >= 0.6 is 10.9 Å². The first-order chi connectivity index (χ1) is 17.6. The van der Waals surface area contributed by atoms with E-state index in [1.165, 1.54) is 17.1 Å². The van der Waals surface area contributed by atoms with Gasteiger partial charge in [0.05, 0.1) is 36.3 Å². The Labute approximate surface area is 214 Å². The summed E-state index contributed by atoms with van der Waals surface area (Å²) in [7, 11) is -1.41. The van der Waals surface area contributed by atoms with E-state index in [2.05, 4.69) is 15.5 Å². The molecule has 0 saturated carbocycles. The second-order valence-electron chi connectivity index (χ2n) is 9.40. The average molecular weight is 545 g/mol. The number of halogens is 3. The van der Waals surface area contributed by atoms with Gasteiger partial charge >= 0.3 is 0 Å². The number of aryl methyl sites for hydroxylation is 1. The lowest BCUT2D eigenvalue weighted by molar-refractivity contribution is 0.00248. The molecule has 1 aliphatic rings. The molecule has 9 nitrogen and oxygen atoms in total. The first-order valence-corrected chi connectivity index (χ1v) is 13.7. The molecule has 37 heavy (non-hydrogen) atoms. The highest BCUT2D eigenvalue weighted by atomic mass is 32.2. The largest absolute Gasteiger partial charge is 0.395 e. The molecule has 1 fully saturated rings. The van der Waals surface area contributed by atoms with Gasteiger partial charge in [-0.15, -0.1) is 5.10 Å². The van der Waals surface area contributed by atoms with Gasteiger partial charge in [-0.25, -0.2) is 28.7 Å². The zero-order valence-corrected chi connectivity index (χ0v) is 21.5. The maximum absolute atomic E-state index is 13.7. The van der Waals surface area contributed by atoms with Crippen LogP contribution in [0.5, 0.6) is 0 Å². The molecule has 0 bridgehead atoms. The van der Waals surface area contributed by atoms with Crippen molar-refractivity contribution in [1.82, 2.24) is 20.2 Å². The van der Waals surface area contributed by atoms with E-state index in [1.807, 2.05) is 13.8 Å². The normalized spacial score (nSPS) is 26.4. The Kier molecular flexibility index (Phi) is 8.00. The molecule has 3 aromatic rings. The van der Waals surface area contributed by atoms with Crippen LogP contribution in [0.2, 0.25) is 0 Å². The molecule has 0 aliphatic carbocycles. The first kappa shape index (κ1) is 27.6. The summed E-state index contributed by atoms with van der Waals surface area (Å²) in [6, 6.07) is 0.518. The Morgan fingerprint density at radius 3 is 2.38 bits per heavy atom. The van der Waals surface area contributed by atoms with E-state index >= 15 is 0 Å². The number of aromatic nitrogens is 4. The molecule has 6 atom stereocenters. The van der Waals surface area contributed by atoms with Crippen LogP contribution in [-0.4, -0.2) is 76.0 Å². The fraction of sp³-hybridized carbons (Fsp3) is 0.542. The maximum Gasteiger partial charge on any atom is 0.194 e. The van der Waals surface area contributed by atoms with Crippen molar-refractivity contribution in [3.05, 3.63) is 53.3 Å². The third kappa shape index (κ3) is 4.90. The lowest BCUT2D eigenvalue weighted by atomic mass is 9.89. The van der Waals surface area contributed by atoms with Gasteiger partial charge in [-0.05, 0) is 31.9 Å². The maximum atomic E-state index is 13.7. The zero-order valence-electron chi connectivity index (χ0n) is 20.6. The van der Waals surface area contributed by atoms with Gasteiger partial charge in [-0.3, -0.25) is 0 Å². The highest BCUT2D eigenvalue weighted by Crippen LogP contribution is 2.59. The topological polar surface area (TPSA) is 138 Å².